The maximum absolute atomic E-state index is 11.7. The van der Waals surface area contributed by atoms with Crippen LogP contribution >= 0.6 is 23.2 Å². The Bertz CT molecular complexity index is 715. The van der Waals surface area contributed by atoms with Crippen LogP contribution in [0.3, 0.4) is 0 Å². The quantitative estimate of drug-likeness (QED) is 0.581. The van der Waals surface area contributed by atoms with Crippen molar-refractivity contribution in [2.24, 2.45) is 5.10 Å². The van der Waals surface area contributed by atoms with Crippen molar-refractivity contribution in [3.05, 3.63) is 63.6 Å². The van der Waals surface area contributed by atoms with Crippen molar-refractivity contribution in [1.82, 2.24) is 5.43 Å². The number of aryl methyl sites for hydroxylation is 1. The number of hydrogen-bond acceptors (Lipinski definition) is 3. The maximum Gasteiger partial charge on any atom is 0.277 e. The van der Waals surface area contributed by atoms with E-state index in [2.05, 4.69) is 17.5 Å². The first-order valence-electron chi connectivity index (χ1n) is 7.57. The first-order chi connectivity index (χ1) is 11.6. The third kappa shape index (κ3) is 5.87. The Labute approximate surface area is 151 Å². The Kier molecular flexibility index (Phi) is 7.09. The van der Waals surface area contributed by atoms with Gasteiger partial charge in [-0.3, -0.25) is 4.79 Å². The van der Waals surface area contributed by atoms with Crippen molar-refractivity contribution in [2.75, 3.05) is 6.61 Å². The second-order valence-corrected chi connectivity index (χ2v) is 5.99. The van der Waals surface area contributed by atoms with Crippen molar-refractivity contribution < 1.29 is 9.53 Å². The number of hydrazone groups is 1. The molecule has 6 heteroatoms. The Balaban J connectivity index is 1.79. The zero-order valence-electron chi connectivity index (χ0n) is 13.3. The summed E-state index contributed by atoms with van der Waals surface area (Å²) in [6, 6.07) is 12.7. The van der Waals surface area contributed by atoms with E-state index in [1.165, 1.54) is 11.8 Å². The highest BCUT2D eigenvalue weighted by Crippen LogP contribution is 2.19. The molecule has 0 saturated heterocycles. The summed E-state index contributed by atoms with van der Waals surface area (Å²) in [5, 5.41) is 4.85. The number of carbonyl (C=O) groups is 1. The van der Waals surface area contributed by atoms with Crippen LogP contribution in [0.15, 0.2) is 47.6 Å². The first kappa shape index (κ1) is 18.3. The molecule has 0 bridgehead atoms. The number of benzene rings is 2. The highest BCUT2D eigenvalue weighted by Gasteiger charge is 2.02. The monoisotopic (exact) mass is 364 g/mol. The molecule has 0 unspecified atom stereocenters. The average molecular weight is 365 g/mol. The molecule has 0 atom stereocenters. The molecule has 0 aromatic heterocycles. The normalized spacial score (nSPS) is 10.8. The van der Waals surface area contributed by atoms with Gasteiger partial charge in [-0.2, -0.15) is 5.10 Å². The lowest BCUT2D eigenvalue weighted by Gasteiger charge is -2.06. The van der Waals surface area contributed by atoms with Gasteiger partial charge in [0.1, 0.15) is 5.75 Å². The zero-order chi connectivity index (χ0) is 17.4. The lowest BCUT2D eigenvalue weighted by Crippen LogP contribution is -2.24. The van der Waals surface area contributed by atoms with E-state index in [0.717, 1.165) is 12.8 Å². The van der Waals surface area contributed by atoms with Crippen molar-refractivity contribution >= 4 is 35.3 Å². The van der Waals surface area contributed by atoms with Crippen LogP contribution in [0.2, 0.25) is 10.0 Å². The molecule has 0 spiro atoms. The SMILES string of the molecule is CCCc1ccc(OCC(=O)N/N=C\c2ccc(Cl)cc2Cl)cc1. The second kappa shape index (κ2) is 9.30. The van der Waals surface area contributed by atoms with Crippen molar-refractivity contribution in [1.29, 1.82) is 0 Å². The molecule has 2 aromatic rings. The third-order valence-corrected chi connectivity index (χ3v) is 3.75. The third-order valence-electron chi connectivity index (χ3n) is 3.19. The predicted molar refractivity (Wildman–Crippen MR) is 98.1 cm³/mol. The van der Waals surface area contributed by atoms with Gasteiger partial charge in [-0.05, 0) is 36.2 Å². The maximum atomic E-state index is 11.7. The molecule has 126 valence electrons. The summed E-state index contributed by atoms with van der Waals surface area (Å²) in [5.74, 6) is 0.295. The van der Waals surface area contributed by atoms with E-state index in [1.807, 2.05) is 24.3 Å². The number of amides is 1. The minimum absolute atomic E-state index is 0.112. The first-order valence-corrected chi connectivity index (χ1v) is 8.32. The lowest BCUT2D eigenvalue weighted by molar-refractivity contribution is -0.123. The molecule has 0 saturated carbocycles. The number of halogens is 2. The van der Waals surface area contributed by atoms with Crippen LogP contribution in [0, 0.1) is 0 Å². The number of rotatable bonds is 7. The lowest BCUT2D eigenvalue weighted by atomic mass is 10.1. The van der Waals surface area contributed by atoms with Gasteiger partial charge >= 0.3 is 0 Å². The molecule has 2 aromatic carbocycles. The minimum atomic E-state index is -0.353. The minimum Gasteiger partial charge on any atom is -0.484 e. The average Bonchev–Trinajstić information content (AvgIpc) is 2.56. The van der Waals surface area contributed by atoms with E-state index in [9.17, 15) is 4.79 Å². The van der Waals surface area contributed by atoms with Gasteiger partial charge < -0.3 is 4.74 Å². The summed E-state index contributed by atoms with van der Waals surface area (Å²) >= 11 is 11.8. The van der Waals surface area contributed by atoms with Crippen LogP contribution in [0.1, 0.15) is 24.5 Å². The number of nitrogens with one attached hydrogen (secondary N) is 1. The Hall–Kier alpha value is -2.04. The van der Waals surface area contributed by atoms with E-state index in [1.54, 1.807) is 18.2 Å². The molecule has 1 amide bonds. The Morgan fingerprint density at radius 2 is 1.96 bits per heavy atom. The van der Waals surface area contributed by atoms with Crippen molar-refractivity contribution in [3.8, 4) is 5.75 Å². The van der Waals surface area contributed by atoms with Crippen LogP contribution in [0.25, 0.3) is 0 Å². The van der Waals surface area contributed by atoms with Crippen LogP contribution in [-0.2, 0) is 11.2 Å². The summed E-state index contributed by atoms with van der Waals surface area (Å²) in [6.45, 7) is 2.02. The Morgan fingerprint density at radius 3 is 2.62 bits per heavy atom. The fraction of sp³-hybridized carbons (Fsp3) is 0.222. The molecule has 1 N–H and O–H groups in total. The molecular weight excluding hydrogens is 347 g/mol. The van der Waals surface area contributed by atoms with Crippen LogP contribution in [-0.4, -0.2) is 18.7 Å². The molecule has 0 aliphatic rings. The van der Waals surface area contributed by atoms with E-state index >= 15 is 0 Å². The van der Waals surface area contributed by atoms with E-state index < -0.39 is 0 Å². The standard InChI is InChI=1S/C18H18Cl2N2O2/c1-2-3-13-4-8-16(9-5-13)24-12-18(23)22-21-11-14-6-7-15(19)10-17(14)20/h4-11H,2-3,12H2,1H3,(H,22,23)/b21-11-. The summed E-state index contributed by atoms with van der Waals surface area (Å²) in [4.78, 5) is 11.7. The summed E-state index contributed by atoms with van der Waals surface area (Å²) < 4.78 is 5.41. The van der Waals surface area contributed by atoms with E-state index in [-0.39, 0.29) is 12.5 Å². The smallest absolute Gasteiger partial charge is 0.277 e. The molecular formula is C18H18Cl2N2O2. The van der Waals surface area contributed by atoms with E-state index in [4.69, 9.17) is 27.9 Å². The molecule has 0 radical (unpaired) electrons. The number of nitrogens with zero attached hydrogens (tertiary/aromatic N) is 1. The number of carbonyl (C=O) groups excluding carboxylic acids is 1. The molecule has 24 heavy (non-hydrogen) atoms. The predicted octanol–water partition coefficient (Wildman–Crippen LogP) is 4.48. The second-order valence-electron chi connectivity index (χ2n) is 5.14. The van der Waals surface area contributed by atoms with Gasteiger partial charge in [-0.15, -0.1) is 0 Å². The van der Waals surface area contributed by atoms with Gasteiger partial charge in [0.05, 0.1) is 11.2 Å². The Morgan fingerprint density at radius 1 is 1.21 bits per heavy atom. The molecule has 0 aliphatic carbocycles. The molecule has 0 heterocycles. The number of hydrogen-bond donors (Lipinski definition) is 1. The summed E-state index contributed by atoms with van der Waals surface area (Å²) in [7, 11) is 0. The van der Waals surface area contributed by atoms with Gasteiger partial charge in [-0.1, -0.05) is 54.7 Å². The molecule has 0 fully saturated rings. The number of ether oxygens (including phenoxy) is 1. The van der Waals surface area contributed by atoms with Gasteiger partial charge in [0.15, 0.2) is 6.61 Å². The summed E-state index contributed by atoms with van der Waals surface area (Å²) in [5.41, 5.74) is 4.30. The fourth-order valence-corrected chi connectivity index (χ4v) is 2.46. The highest BCUT2D eigenvalue weighted by molar-refractivity contribution is 6.36. The van der Waals surface area contributed by atoms with Crippen molar-refractivity contribution in [2.45, 2.75) is 19.8 Å². The van der Waals surface area contributed by atoms with Crippen LogP contribution < -0.4 is 10.2 Å². The van der Waals surface area contributed by atoms with Crippen molar-refractivity contribution in [3.63, 3.8) is 0 Å². The van der Waals surface area contributed by atoms with E-state index in [0.29, 0.717) is 21.4 Å². The fourth-order valence-electron chi connectivity index (χ4n) is 2.00. The molecule has 2 rings (SSSR count). The van der Waals surface area contributed by atoms with Gasteiger partial charge in [0.25, 0.3) is 5.91 Å². The summed E-state index contributed by atoms with van der Waals surface area (Å²) in [6.07, 6.45) is 3.58. The van der Waals surface area contributed by atoms with Crippen LogP contribution in [0.4, 0.5) is 0 Å². The largest absolute Gasteiger partial charge is 0.484 e. The van der Waals surface area contributed by atoms with Crippen LogP contribution in [0.5, 0.6) is 5.75 Å². The van der Waals surface area contributed by atoms with Gasteiger partial charge in [0, 0.05) is 10.6 Å². The van der Waals surface area contributed by atoms with Gasteiger partial charge in [0.2, 0.25) is 0 Å². The molecule has 0 aliphatic heterocycles. The topological polar surface area (TPSA) is 50.7 Å². The zero-order valence-corrected chi connectivity index (χ0v) is 14.8. The highest BCUT2D eigenvalue weighted by atomic mass is 35.5. The van der Waals surface area contributed by atoms with Gasteiger partial charge in [-0.25, -0.2) is 5.43 Å². The molecule has 4 nitrogen and oxygen atoms in total.